The highest BCUT2D eigenvalue weighted by molar-refractivity contribution is 5.90. The quantitative estimate of drug-likeness (QED) is 0.834. The molecule has 0 aromatic carbocycles. The summed E-state index contributed by atoms with van der Waals surface area (Å²) in [6, 6.07) is 1.89. The van der Waals surface area contributed by atoms with Crippen LogP contribution < -0.4 is 0 Å². The molecule has 1 atom stereocenters. The minimum absolute atomic E-state index is 0.0309. The van der Waals surface area contributed by atoms with Crippen molar-refractivity contribution in [3.8, 4) is 0 Å². The maximum Gasteiger partial charge on any atom is 0.291 e. The van der Waals surface area contributed by atoms with E-state index in [9.17, 15) is 4.79 Å². The number of fused-ring (bicyclic) bond motifs is 1. The Bertz CT molecular complexity index is 711. The summed E-state index contributed by atoms with van der Waals surface area (Å²) in [6.07, 6.45) is 8.74. The average Bonchev–Trinajstić information content (AvgIpc) is 3.12. The van der Waals surface area contributed by atoms with Crippen molar-refractivity contribution < 1.29 is 9.53 Å². The molecule has 0 bridgehead atoms. The molecule has 1 fully saturated rings. The molecule has 0 saturated carbocycles. The molecule has 0 spiro atoms. The molecule has 8 nitrogen and oxygen atoms in total. The van der Waals surface area contributed by atoms with Gasteiger partial charge in [0.1, 0.15) is 5.82 Å². The van der Waals surface area contributed by atoms with E-state index in [2.05, 4.69) is 15.3 Å². The lowest BCUT2D eigenvalue weighted by Gasteiger charge is -2.23. The van der Waals surface area contributed by atoms with Gasteiger partial charge in [0, 0.05) is 45.1 Å². The van der Waals surface area contributed by atoms with Gasteiger partial charge in [-0.25, -0.2) is 0 Å². The fourth-order valence-electron chi connectivity index (χ4n) is 3.59. The Morgan fingerprint density at radius 1 is 1.20 bits per heavy atom. The summed E-state index contributed by atoms with van der Waals surface area (Å²) in [7, 11) is 0. The van der Waals surface area contributed by atoms with E-state index in [4.69, 9.17) is 4.74 Å². The number of hydrogen-bond donors (Lipinski definition) is 0. The van der Waals surface area contributed by atoms with Crippen LogP contribution in [0.4, 0.5) is 0 Å². The van der Waals surface area contributed by atoms with Gasteiger partial charge in [-0.05, 0) is 25.3 Å². The van der Waals surface area contributed by atoms with Gasteiger partial charge < -0.3 is 14.2 Å². The van der Waals surface area contributed by atoms with Crippen molar-refractivity contribution in [1.29, 1.82) is 0 Å². The molecular weight excluding hydrogens is 320 g/mol. The van der Waals surface area contributed by atoms with Crippen LogP contribution >= 0.6 is 0 Å². The predicted molar refractivity (Wildman–Crippen MR) is 90.1 cm³/mol. The van der Waals surface area contributed by atoms with Crippen LogP contribution in [-0.4, -0.2) is 61.2 Å². The number of amides is 1. The largest absolute Gasteiger partial charge is 0.374 e. The third-order valence-corrected chi connectivity index (χ3v) is 4.89. The molecule has 2 aromatic heterocycles. The van der Waals surface area contributed by atoms with E-state index >= 15 is 0 Å². The van der Waals surface area contributed by atoms with Crippen LogP contribution in [0.3, 0.4) is 0 Å². The molecule has 4 rings (SSSR count). The van der Waals surface area contributed by atoms with Crippen molar-refractivity contribution in [1.82, 2.24) is 29.4 Å². The first kappa shape index (κ1) is 16.3. The van der Waals surface area contributed by atoms with E-state index in [1.807, 2.05) is 26.4 Å². The molecule has 0 unspecified atom stereocenters. The van der Waals surface area contributed by atoms with Crippen molar-refractivity contribution in [3.05, 3.63) is 30.1 Å². The topological polar surface area (TPSA) is 78.1 Å². The van der Waals surface area contributed by atoms with Crippen LogP contribution in [0, 0.1) is 0 Å². The number of ether oxygens (including phenoxy) is 1. The zero-order valence-corrected chi connectivity index (χ0v) is 14.4. The lowest BCUT2D eigenvalue weighted by molar-refractivity contribution is 0.0362. The second-order valence-corrected chi connectivity index (χ2v) is 6.73. The standard InChI is InChI=1S/C17H24N6O2/c24-17(16-20-19-15-6-2-1-3-10-23(15)16)21-8-5-11-25-14(12-21)13-22-9-4-7-18-22/h4,7,9,14H,1-3,5-6,8,10-13H2/t14-/m0/s1. The summed E-state index contributed by atoms with van der Waals surface area (Å²) in [4.78, 5) is 14.9. The Kier molecular flexibility index (Phi) is 4.78. The van der Waals surface area contributed by atoms with Crippen molar-refractivity contribution >= 4 is 5.91 Å². The number of aromatic nitrogens is 5. The van der Waals surface area contributed by atoms with Gasteiger partial charge in [-0.1, -0.05) is 6.42 Å². The fraction of sp³-hybridized carbons (Fsp3) is 0.647. The average molecular weight is 344 g/mol. The van der Waals surface area contributed by atoms with Gasteiger partial charge in [-0.15, -0.1) is 10.2 Å². The van der Waals surface area contributed by atoms with Crippen LogP contribution in [0.5, 0.6) is 0 Å². The number of carbonyl (C=O) groups excluding carboxylic acids is 1. The smallest absolute Gasteiger partial charge is 0.291 e. The van der Waals surface area contributed by atoms with Gasteiger partial charge in [-0.3, -0.25) is 9.48 Å². The van der Waals surface area contributed by atoms with Gasteiger partial charge in [0.2, 0.25) is 5.82 Å². The molecule has 134 valence electrons. The Hall–Kier alpha value is -2.22. The van der Waals surface area contributed by atoms with Crippen LogP contribution in [0.1, 0.15) is 42.1 Å². The minimum atomic E-state index is -0.0575. The van der Waals surface area contributed by atoms with Crippen molar-refractivity contribution in [2.45, 2.75) is 51.3 Å². The summed E-state index contributed by atoms with van der Waals surface area (Å²) in [5.74, 6) is 1.40. The predicted octanol–water partition coefficient (Wildman–Crippen LogP) is 1.13. The summed E-state index contributed by atoms with van der Waals surface area (Å²) in [6.45, 7) is 3.39. The highest BCUT2D eigenvalue weighted by Gasteiger charge is 2.28. The maximum absolute atomic E-state index is 13.1. The van der Waals surface area contributed by atoms with E-state index in [0.29, 0.717) is 32.1 Å². The van der Waals surface area contributed by atoms with Crippen LogP contribution in [-0.2, 0) is 24.2 Å². The van der Waals surface area contributed by atoms with E-state index in [1.54, 1.807) is 6.20 Å². The number of aryl methyl sites for hydroxylation is 1. The van der Waals surface area contributed by atoms with Crippen LogP contribution in [0.15, 0.2) is 18.5 Å². The molecule has 2 aliphatic rings. The summed E-state index contributed by atoms with van der Waals surface area (Å²) >= 11 is 0. The first-order chi connectivity index (χ1) is 12.3. The molecule has 8 heteroatoms. The first-order valence-corrected chi connectivity index (χ1v) is 9.11. The number of rotatable bonds is 3. The highest BCUT2D eigenvalue weighted by atomic mass is 16.5. The molecule has 4 heterocycles. The maximum atomic E-state index is 13.1. The Labute approximate surface area is 146 Å². The van der Waals surface area contributed by atoms with E-state index in [1.165, 1.54) is 6.42 Å². The molecule has 0 aliphatic carbocycles. The molecule has 2 aromatic rings. The second kappa shape index (κ2) is 7.35. The zero-order valence-electron chi connectivity index (χ0n) is 14.4. The van der Waals surface area contributed by atoms with E-state index in [-0.39, 0.29) is 12.0 Å². The molecule has 0 N–H and O–H groups in total. The molecule has 2 aliphatic heterocycles. The number of hydrogen-bond acceptors (Lipinski definition) is 5. The van der Waals surface area contributed by atoms with Crippen molar-refractivity contribution in [3.63, 3.8) is 0 Å². The van der Waals surface area contributed by atoms with E-state index < -0.39 is 0 Å². The van der Waals surface area contributed by atoms with Gasteiger partial charge in [-0.2, -0.15) is 5.10 Å². The first-order valence-electron chi connectivity index (χ1n) is 9.11. The Morgan fingerprint density at radius 3 is 3.04 bits per heavy atom. The molecule has 0 radical (unpaired) electrons. The third kappa shape index (κ3) is 3.58. The summed E-state index contributed by atoms with van der Waals surface area (Å²) in [5.41, 5.74) is 0. The fourth-order valence-corrected chi connectivity index (χ4v) is 3.59. The van der Waals surface area contributed by atoms with Crippen LogP contribution in [0.2, 0.25) is 0 Å². The lowest BCUT2D eigenvalue weighted by Crippen LogP contribution is -2.39. The second-order valence-electron chi connectivity index (χ2n) is 6.73. The van der Waals surface area contributed by atoms with Crippen molar-refractivity contribution in [2.75, 3.05) is 19.7 Å². The van der Waals surface area contributed by atoms with Crippen LogP contribution in [0.25, 0.3) is 0 Å². The monoisotopic (exact) mass is 344 g/mol. The normalized spacial score (nSPS) is 21.4. The number of nitrogens with zero attached hydrogens (tertiary/aromatic N) is 6. The molecule has 1 amide bonds. The van der Waals surface area contributed by atoms with Crippen molar-refractivity contribution in [2.24, 2.45) is 0 Å². The lowest BCUT2D eigenvalue weighted by atomic mass is 10.2. The third-order valence-electron chi connectivity index (χ3n) is 4.89. The molecule has 1 saturated heterocycles. The van der Waals surface area contributed by atoms with Gasteiger partial charge >= 0.3 is 0 Å². The van der Waals surface area contributed by atoms with E-state index in [0.717, 1.165) is 38.1 Å². The number of carbonyl (C=O) groups is 1. The van der Waals surface area contributed by atoms with Gasteiger partial charge in [0.05, 0.1) is 12.6 Å². The SMILES string of the molecule is O=C(c1nnc2n1CCCCC2)N1CCCO[C@H](Cn2cccn2)C1. The molecule has 25 heavy (non-hydrogen) atoms. The highest BCUT2D eigenvalue weighted by Crippen LogP contribution is 2.17. The summed E-state index contributed by atoms with van der Waals surface area (Å²) < 4.78 is 9.78. The zero-order chi connectivity index (χ0) is 17.1. The Balaban J connectivity index is 1.49. The Morgan fingerprint density at radius 2 is 2.16 bits per heavy atom. The minimum Gasteiger partial charge on any atom is -0.374 e. The van der Waals surface area contributed by atoms with Gasteiger partial charge in [0.25, 0.3) is 5.91 Å². The molecular formula is C17H24N6O2. The summed E-state index contributed by atoms with van der Waals surface area (Å²) in [5, 5.41) is 12.7. The van der Waals surface area contributed by atoms with Gasteiger partial charge in [0.15, 0.2) is 0 Å².